The Hall–Kier alpha value is -4.11. The minimum atomic E-state index is -5.49. The molecule has 1 aliphatic heterocycles. The Bertz CT molecular complexity index is 1670. The van der Waals surface area contributed by atoms with Crippen molar-refractivity contribution in [3.63, 3.8) is 0 Å². The zero-order chi connectivity index (χ0) is 31.3. The van der Waals surface area contributed by atoms with Crippen LogP contribution in [0.1, 0.15) is 47.7 Å². The van der Waals surface area contributed by atoms with Crippen LogP contribution in [0.15, 0.2) is 41.3 Å². The number of hydrogen-bond acceptors (Lipinski definition) is 5. The number of carboxylic acid groups (broad SMARTS) is 1. The first-order valence-electron chi connectivity index (χ1n) is 12.3. The molecule has 1 aliphatic rings. The Kier molecular flexibility index (Phi) is 8.29. The van der Waals surface area contributed by atoms with Crippen molar-refractivity contribution in [3.05, 3.63) is 88.0 Å². The fraction of sp³-hybridized carbons (Fsp3) is 0.259. The van der Waals surface area contributed by atoms with E-state index < -0.39 is 97.8 Å². The number of sulfonamides is 1. The number of rotatable bonds is 8. The number of aromatic hydroxyl groups is 1. The number of aromatic carboxylic acids is 1. The molecule has 0 spiro atoms. The van der Waals surface area contributed by atoms with Gasteiger partial charge in [0.1, 0.15) is 23.2 Å². The van der Waals surface area contributed by atoms with Gasteiger partial charge in [0, 0.05) is 12.6 Å². The highest BCUT2D eigenvalue weighted by atomic mass is 32.2. The molecule has 0 bridgehead atoms. The Morgan fingerprint density at radius 3 is 1.98 bits per heavy atom. The second-order valence-electron chi connectivity index (χ2n) is 9.77. The molecule has 1 saturated heterocycles. The van der Waals surface area contributed by atoms with E-state index in [0.29, 0.717) is 22.6 Å². The number of anilines is 1. The van der Waals surface area contributed by atoms with Crippen LogP contribution in [0.2, 0.25) is 0 Å². The number of carbonyl (C=O) groups is 2. The third kappa shape index (κ3) is 5.29. The minimum absolute atomic E-state index is 0.130. The van der Waals surface area contributed by atoms with Gasteiger partial charge in [0.2, 0.25) is 21.7 Å². The predicted octanol–water partition coefficient (Wildman–Crippen LogP) is 5.04. The van der Waals surface area contributed by atoms with Crippen LogP contribution in [0.25, 0.3) is 0 Å². The third-order valence-electron chi connectivity index (χ3n) is 6.83. The lowest BCUT2D eigenvalue weighted by molar-refractivity contribution is -0.125. The number of amides is 1. The highest BCUT2D eigenvalue weighted by Crippen LogP contribution is 2.36. The summed E-state index contributed by atoms with van der Waals surface area (Å²) in [6, 6.07) is 5.91. The molecule has 1 amide bonds. The summed E-state index contributed by atoms with van der Waals surface area (Å²) < 4.78 is 111. The maximum atomic E-state index is 15.2. The molecule has 1 atom stereocenters. The average molecular weight is 617 g/mol. The topological polar surface area (TPSA) is 115 Å². The first-order chi connectivity index (χ1) is 19.6. The van der Waals surface area contributed by atoms with Gasteiger partial charge in [-0.1, -0.05) is 38.1 Å². The summed E-state index contributed by atoms with van der Waals surface area (Å²) >= 11 is 0. The molecule has 2 N–H and O–H groups in total. The molecule has 3 aromatic carbocycles. The van der Waals surface area contributed by atoms with Crippen LogP contribution in [0.5, 0.6) is 5.75 Å². The number of carbonyl (C=O) groups excluding carboxylic acids is 1. The molecule has 0 radical (unpaired) electrons. The molecule has 0 unspecified atom stereocenters. The van der Waals surface area contributed by atoms with Crippen molar-refractivity contribution in [1.29, 1.82) is 0 Å². The Morgan fingerprint density at radius 1 is 0.952 bits per heavy atom. The smallest absolute Gasteiger partial charge is 0.339 e. The van der Waals surface area contributed by atoms with Gasteiger partial charge >= 0.3 is 5.97 Å². The van der Waals surface area contributed by atoms with Gasteiger partial charge in [-0.25, -0.2) is 39.6 Å². The van der Waals surface area contributed by atoms with Gasteiger partial charge in [-0.2, -0.15) is 4.31 Å². The fourth-order valence-corrected chi connectivity index (χ4v) is 6.15. The molecule has 0 aliphatic carbocycles. The second kappa shape index (κ2) is 11.3. The molecular formula is C27H22F6N2O6S. The Labute approximate surface area is 235 Å². The minimum Gasteiger partial charge on any atom is -0.507 e. The van der Waals surface area contributed by atoms with E-state index in [9.17, 15) is 50.2 Å². The number of halogens is 6. The van der Waals surface area contributed by atoms with Gasteiger partial charge in [-0.05, 0) is 29.5 Å². The van der Waals surface area contributed by atoms with Gasteiger partial charge in [0.25, 0.3) is 0 Å². The lowest BCUT2D eigenvalue weighted by atomic mass is 10.0. The Balaban J connectivity index is 1.78. The molecule has 0 saturated carbocycles. The second-order valence-corrected chi connectivity index (χ2v) is 11.6. The van der Waals surface area contributed by atoms with Crippen LogP contribution in [-0.2, 0) is 21.4 Å². The van der Waals surface area contributed by atoms with Gasteiger partial charge in [-0.15, -0.1) is 0 Å². The van der Waals surface area contributed by atoms with Crippen LogP contribution >= 0.6 is 0 Å². The molecule has 42 heavy (non-hydrogen) atoms. The number of phenols is 1. The fourth-order valence-electron chi connectivity index (χ4n) is 4.41. The van der Waals surface area contributed by atoms with Crippen molar-refractivity contribution in [1.82, 2.24) is 4.31 Å². The van der Waals surface area contributed by atoms with E-state index in [1.54, 1.807) is 24.3 Å². The van der Waals surface area contributed by atoms with Crippen molar-refractivity contribution in [3.8, 4) is 5.75 Å². The van der Waals surface area contributed by atoms with Crippen molar-refractivity contribution in [2.45, 2.75) is 43.7 Å². The number of benzene rings is 3. The molecule has 3 aromatic rings. The van der Waals surface area contributed by atoms with Crippen LogP contribution in [0.4, 0.5) is 32.0 Å². The summed E-state index contributed by atoms with van der Waals surface area (Å²) in [5.41, 5.74) is -0.187. The Morgan fingerprint density at radius 2 is 1.50 bits per heavy atom. The van der Waals surface area contributed by atoms with Crippen LogP contribution in [0, 0.1) is 34.9 Å². The van der Waals surface area contributed by atoms with Crippen LogP contribution in [0.3, 0.4) is 0 Å². The quantitative estimate of drug-likeness (QED) is 0.208. The summed E-state index contributed by atoms with van der Waals surface area (Å²) in [5, 5.41) is 19.4. The largest absolute Gasteiger partial charge is 0.507 e. The maximum absolute atomic E-state index is 15.2. The number of hydrogen-bond donors (Lipinski definition) is 2. The molecule has 8 nitrogen and oxygen atoms in total. The van der Waals surface area contributed by atoms with Crippen molar-refractivity contribution >= 4 is 27.6 Å². The van der Waals surface area contributed by atoms with E-state index in [0.717, 1.165) is 5.56 Å². The zero-order valence-corrected chi connectivity index (χ0v) is 22.7. The molecule has 4 rings (SSSR count). The van der Waals surface area contributed by atoms with Crippen LogP contribution < -0.4 is 4.90 Å². The summed E-state index contributed by atoms with van der Waals surface area (Å²) in [7, 11) is -5.49. The van der Waals surface area contributed by atoms with Gasteiger partial charge in [-0.3, -0.25) is 4.79 Å². The van der Waals surface area contributed by atoms with Crippen molar-refractivity contribution in [2.24, 2.45) is 0 Å². The van der Waals surface area contributed by atoms with Gasteiger partial charge in [0.15, 0.2) is 28.2 Å². The van der Waals surface area contributed by atoms with E-state index in [2.05, 4.69) is 0 Å². The van der Waals surface area contributed by atoms with E-state index >= 15 is 4.39 Å². The third-order valence-corrected chi connectivity index (χ3v) is 8.76. The van der Waals surface area contributed by atoms with Gasteiger partial charge < -0.3 is 15.1 Å². The summed E-state index contributed by atoms with van der Waals surface area (Å²) in [4.78, 5) is 23.6. The first kappa shape index (κ1) is 30.8. The standard InChI is InChI=1S/C27H22F6N2O6S/c1-12(2)14-5-3-13(4-6-14)11-34(18-10-19(36)15(27(38)39)9-16(18)28)26(37)17-7-8-35(17)42(40,41)25-23(32)21(30)20(29)22(31)24(25)33/h3-6,9-10,12,17,36H,7-8,11H2,1-2H3,(H,38,39)/t17-/m1/s1. The summed E-state index contributed by atoms with van der Waals surface area (Å²) in [5.74, 6) is -17.8. The lowest BCUT2D eigenvalue weighted by Crippen LogP contribution is -2.59. The molecular weight excluding hydrogens is 594 g/mol. The lowest BCUT2D eigenvalue weighted by Gasteiger charge is -2.41. The molecule has 1 fully saturated rings. The monoisotopic (exact) mass is 616 g/mol. The van der Waals surface area contributed by atoms with Gasteiger partial charge in [0.05, 0.1) is 12.2 Å². The highest BCUT2D eigenvalue weighted by molar-refractivity contribution is 7.89. The van der Waals surface area contributed by atoms with Crippen molar-refractivity contribution in [2.75, 3.05) is 11.4 Å². The van der Waals surface area contributed by atoms with E-state index in [4.69, 9.17) is 0 Å². The number of carboxylic acids is 1. The molecule has 15 heteroatoms. The summed E-state index contributed by atoms with van der Waals surface area (Å²) in [6.07, 6.45) is -0.281. The first-order valence-corrected chi connectivity index (χ1v) is 13.7. The maximum Gasteiger partial charge on any atom is 0.339 e. The van der Waals surface area contributed by atoms with Crippen LogP contribution in [-0.4, -0.2) is 47.4 Å². The van der Waals surface area contributed by atoms with E-state index in [-0.39, 0.29) is 16.6 Å². The highest BCUT2D eigenvalue weighted by Gasteiger charge is 2.48. The molecule has 224 valence electrons. The van der Waals surface area contributed by atoms with E-state index in [1.165, 1.54) is 0 Å². The SMILES string of the molecule is CC(C)c1ccc(CN(C(=O)[C@H]2CCN2S(=O)(=O)c2c(F)c(F)c(F)c(F)c2F)c2cc(O)c(C(=O)O)cc2F)cc1. The predicted molar refractivity (Wildman–Crippen MR) is 135 cm³/mol. The van der Waals surface area contributed by atoms with E-state index in [1.807, 2.05) is 13.8 Å². The molecule has 1 heterocycles. The summed E-state index contributed by atoms with van der Waals surface area (Å²) in [6.45, 7) is 2.85. The molecule has 0 aromatic heterocycles. The number of nitrogens with zero attached hydrogens (tertiary/aromatic N) is 2. The zero-order valence-electron chi connectivity index (χ0n) is 21.8. The normalized spacial score (nSPS) is 15.5. The van der Waals surface area contributed by atoms with Crippen molar-refractivity contribution < 1.29 is 54.6 Å². The average Bonchev–Trinajstić information content (AvgIpc) is 2.89.